The van der Waals surface area contributed by atoms with E-state index in [2.05, 4.69) is 18.1 Å². The lowest BCUT2D eigenvalue weighted by Crippen LogP contribution is -2.36. The molecule has 3 aromatic rings. The van der Waals surface area contributed by atoms with Gasteiger partial charge >= 0.3 is 0 Å². The lowest BCUT2D eigenvalue weighted by molar-refractivity contribution is 0.0984. The molecular formula is C21H19ClN2O2. The maximum atomic E-state index is 13.4. The fourth-order valence-electron chi connectivity index (χ4n) is 3.53. The summed E-state index contributed by atoms with van der Waals surface area (Å²) in [4.78, 5) is 15.2. The molecule has 0 saturated carbocycles. The molecule has 1 aliphatic rings. The first-order valence-corrected chi connectivity index (χ1v) is 9.06. The van der Waals surface area contributed by atoms with Crippen molar-refractivity contribution in [2.24, 2.45) is 0 Å². The predicted molar refractivity (Wildman–Crippen MR) is 103 cm³/mol. The average molecular weight is 367 g/mol. The van der Waals surface area contributed by atoms with Crippen molar-refractivity contribution in [3.63, 3.8) is 0 Å². The van der Waals surface area contributed by atoms with Crippen molar-refractivity contribution in [1.29, 1.82) is 0 Å². The molecule has 4 rings (SSSR count). The highest BCUT2D eigenvalue weighted by Crippen LogP contribution is 2.35. The van der Waals surface area contributed by atoms with Gasteiger partial charge in [0.25, 0.3) is 5.91 Å². The molecule has 2 aromatic carbocycles. The largest absolute Gasteiger partial charge is 0.360 e. The van der Waals surface area contributed by atoms with Gasteiger partial charge in [0.1, 0.15) is 17.0 Å². The Morgan fingerprint density at radius 3 is 2.81 bits per heavy atom. The molecule has 0 radical (unpaired) electrons. The molecule has 0 saturated heterocycles. The summed E-state index contributed by atoms with van der Waals surface area (Å²) in [6.07, 6.45) is 1.93. The van der Waals surface area contributed by atoms with Crippen molar-refractivity contribution in [3.8, 4) is 11.3 Å². The highest BCUT2D eigenvalue weighted by Gasteiger charge is 2.30. The standard InChI is InChI=1S/C21H19ClN2O2/c1-13-9-10-18-15(12-13)6-5-11-24(18)21(25)19-14(2)26-23-20(19)16-7-3-4-8-17(16)22/h3-4,7-10,12H,5-6,11H2,1-2H3. The monoisotopic (exact) mass is 366 g/mol. The summed E-state index contributed by atoms with van der Waals surface area (Å²) in [5.74, 6) is 0.410. The van der Waals surface area contributed by atoms with E-state index in [1.54, 1.807) is 13.0 Å². The molecule has 1 aromatic heterocycles. The molecule has 0 fully saturated rings. The van der Waals surface area contributed by atoms with E-state index in [1.165, 1.54) is 11.1 Å². The molecule has 26 heavy (non-hydrogen) atoms. The Balaban J connectivity index is 1.80. The lowest BCUT2D eigenvalue weighted by Gasteiger charge is -2.29. The Morgan fingerprint density at radius 1 is 1.19 bits per heavy atom. The zero-order chi connectivity index (χ0) is 18.3. The molecule has 0 atom stereocenters. The first kappa shape index (κ1) is 16.9. The molecule has 0 spiro atoms. The number of amides is 1. The third-order valence-electron chi connectivity index (χ3n) is 4.80. The number of nitrogens with zero attached hydrogens (tertiary/aromatic N) is 2. The van der Waals surface area contributed by atoms with E-state index in [4.69, 9.17) is 16.1 Å². The highest BCUT2D eigenvalue weighted by atomic mass is 35.5. The van der Waals surface area contributed by atoms with E-state index in [9.17, 15) is 4.79 Å². The van der Waals surface area contributed by atoms with E-state index < -0.39 is 0 Å². The van der Waals surface area contributed by atoms with E-state index in [1.807, 2.05) is 35.2 Å². The Morgan fingerprint density at radius 2 is 2.00 bits per heavy atom. The third kappa shape index (κ3) is 2.80. The van der Waals surface area contributed by atoms with E-state index in [0.717, 1.165) is 18.5 Å². The minimum atomic E-state index is -0.0940. The molecule has 5 heteroatoms. The number of hydrogen-bond acceptors (Lipinski definition) is 3. The summed E-state index contributed by atoms with van der Waals surface area (Å²) in [5.41, 5.74) is 5.06. The van der Waals surface area contributed by atoms with Crippen LogP contribution < -0.4 is 4.90 Å². The average Bonchev–Trinajstić information content (AvgIpc) is 3.02. The molecule has 4 nitrogen and oxygen atoms in total. The molecule has 0 N–H and O–H groups in total. The fourth-order valence-corrected chi connectivity index (χ4v) is 3.76. The maximum absolute atomic E-state index is 13.4. The van der Waals surface area contributed by atoms with Crippen LogP contribution in [0.5, 0.6) is 0 Å². The molecule has 1 amide bonds. The SMILES string of the molecule is Cc1ccc2c(c1)CCCN2C(=O)c1c(-c2ccccc2Cl)noc1C. The van der Waals surface area contributed by atoms with Gasteiger partial charge in [-0.15, -0.1) is 0 Å². The van der Waals surface area contributed by atoms with Crippen LogP contribution in [0.4, 0.5) is 5.69 Å². The number of hydrogen-bond donors (Lipinski definition) is 0. The van der Waals surface area contributed by atoms with Gasteiger partial charge in [-0.2, -0.15) is 0 Å². The van der Waals surface area contributed by atoms with Crippen LogP contribution in [0.15, 0.2) is 47.0 Å². The second-order valence-electron chi connectivity index (χ2n) is 6.63. The molecule has 0 unspecified atom stereocenters. The summed E-state index contributed by atoms with van der Waals surface area (Å²) >= 11 is 6.32. The molecule has 0 bridgehead atoms. The molecular weight excluding hydrogens is 348 g/mol. The van der Waals surface area contributed by atoms with E-state index >= 15 is 0 Å². The number of halogens is 1. The Hall–Kier alpha value is -2.59. The van der Waals surface area contributed by atoms with Gasteiger partial charge in [0.05, 0.1) is 5.02 Å². The smallest absolute Gasteiger partial charge is 0.264 e. The predicted octanol–water partition coefficient (Wildman–Crippen LogP) is 5.20. The number of benzene rings is 2. The van der Waals surface area contributed by atoms with Gasteiger partial charge in [0, 0.05) is 17.8 Å². The van der Waals surface area contributed by atoms with Crippen LogP contribution in [0.25, 0.3) is 11.3 Å². The zero-order valence-electron chi connectivity index (χ0n) is 14.8. The van der Waals surface area contributed by atoms with Crippen molar-refractivity contribution in [1.82, 2.24) is 5.16 Å². The van der Waals surface area contributed by atoms with Crippen LogP contribution in [0.2, 0.25) is 5.02 Å². The highest BCUT2D eigenvalue weighted by molar-refractivity contribution is 6.33. The van der Waals surface area contributed by atoms with Crippen molar-refractivity contribution in [2.75, 3.05) is 11.4 Å². The van der Waals surface area contributed by atoms with Gasteiger partial charge in [-0.3, -0.25) is 4.79 Å². The van der Waals surface area contributed by atoms with Crippen LogP contribution >= 0.6 is 11.6 Å². The lowest BCUT2D eigenvalue weighted by atomic mass is 9.98. The first-order chi connectivity index (χ1) is 12.6. The summed E-state index contributed by atoms with van der Waals surface area (Å²) in [6, 6.07) is 13.6. The number of carbonyl (C=O) groups is 1. The van der Waals surface area contributed by atoms with Crippen LogP contribution in [0.3, 0.4) is 0 Å². The Kier molecular flexibility index (Phi) is 4.29. The molecule has 2 heterocycles. The number of anilines is 1. The number of aryl methyl sites for hydroxylation is 3. The molecule has 1 aliphatic heterocycles. The van der Waals surface area contributed by atoms with Gasteiger partial charge in [0.15, 0.2) is 0 Å². The van der Waals surface area contributed by atoms with Crippen LogP contribution in [-0.4, -0.2) is 17.6 Å². The van der Waals surface area contributed by atoms with Crippen molar-refractivity contribution in [2.45, 2.75) is 26.7 Å². The van der Waals surface area contributed by atoms with Crippen LogP contribution in [0, 0.1) is 13.8 Å². The van der Waals surface area contributed by atoms with Crippen molar-refractivity contribution >= 4 is 23.2 Å². The zero-order valence-corrected chi connectivity index (χ0v) is 15.5. The topological polar surface area (TPSA) is 46.3 Å². The summed E-state index contributed by atoms with van der Waals surface area (Å²) < 4.78 is 5.37. The van der Waals surface area contributed by atoms with E-state index in [0.29, 0.717) is 34.1 Å². The van der Waals surface area contributed by atoms with Gasteiger partial charge in [-0.1, -0.05) is 52.7 Å². The molecule has 0 aliphatic carbocycles. The third-order valence-corrected chi connectivity index (χ3v) is 5.13. The van der Waals surface area contributed by atoms with Crippen molar-refractivity contribution < 1.29 is 9.32 Å². The van der Waals surface area contributed by atoms with Gasteiger partial charge in [0.2, 0.25) is 0 Å². The number of aromatic nitrogens is 1. The second-order valence-corrected chi connectivity index (χ2v) is 7.04. The van der Waals surface area contributed by atoms with Crippen molar-refractivity contribution in [3.05, 3.63) is 69.9 Å². The quantitative estimate of drug-likeness (QED) is 0.625. The number of carbonyl (C=O) groups excluding carboxylic acids is 1. The number of rotatable bonds is 2. The van der Waals surface area contributed by atoms with Gasteiger partial charge < -0.3 is 9.42 Å². The van der Waals surface area contributed by atoms with Gasteiger partial charge in [-0.05, 0) is 44.4 Å². The number of fused-ring (bicyclic) bond motifs is 1. The first-order valence-electron chi connectivity index (χ1n) is 8.69. The maximum Gasteiger partial charge on any atom is 0.264 e. The van der Waals surface area contributed by atoms with Gasteiger partial charge in [-0.25, -0.2) is 0 Å². The van der Waals surface area contributed by atoms with Crippen LogP contribution in [0.1, 0.15) is 33.7 Å². The van der Waals surface area contributed by atoms with Crippen LogP contribution in [-0.2, 0) is 6.42 Å². The summed E-state index contributed by atoms with van der Waals surface area (Å²) in [6.45, 7) is 4.52. The minimum absolute atomic E-state index is 0.0940. The summed E-state index contributed by atoms with van der Waals surface area (Å²) in [7, 11) is 0. The second kappa shape index (κ2) is 6.61. The minimum Gasteiger partial charge on any atom is -0.360 e. The normalized spacial score (nSPS) is 13.6. The summed E-state index contributed by atoms with van der Waals surface area (Å²) in [5, 5.41) is 4.67. The van der Waals surface area contributed by atoms with E-state index in [-0.39, 0.29) is 5.91 Å². The fraction of sp³-hybridized carbons (Fsp3) is 0.238. The Bertz CT molecular complexity index is 993. The molecule has 132 valence electrons. The Labute approximate surface area is 157 Å².